The van der Waals surface area contributed by atoms with Crippen LogP contribution in [0.3, 0.4) is 0 Å². The van der Waals surface area contributed by atoms with E-state index in [0.717, 1.165) is 6.07 Å². The van der Waals surface area contributed by atoms with Crippen molar-refractivity contribution < 1.29 is 51.2 Å². The van der Waals surface area contributed by atoms with Crippen molar-refractivity contribution in [1.29, 1.82) is 0 Å². The summed E-state index contributed by atoms with van der Waals surface area (Å²) in [7, 11) is 0. The Morgan fingerprint density at radius 2 is 1.54 bits per heavy atom. The molecule has 1 aliphatic carbocycles. The lowest BCUT2D eigenvalue weighted by molar-refractivity contribution is 0.0188. The van der Waals surface area contributed by atoms with Gasteiger partial charge in [-0.1, -0.05) is 18.2 Å². The SMILES string of the molecule is O=C1OC2(C3=C(C=C(O)CC3)Oc3c2ccc(O)c3NC(=O)c2c(F)c(F)c(F)c(F)c2F)c2ccccc21. The summed E-state index contributed by atoms with van der Waals surface area (Å²) >= 11 is 0. The summed E-state index contributed by atoms with van der Waals surface area (Å²) in [6.45, 7) is 0. The molecule has 6 rings (SSSR count). The fraction of sp³-hybridized carbons (Fsp3) is 0.111. The number of hydrogen-bond donors (Lipinski definition) is 3. The van der Waals surface area contributed by atoms with Crippen LogP contribution in [0, 0.1) is 29.1 Å². The molecule has 3 aromatic carbocycles. The van der Waals surface area contributed by atoms with Crippen molar-refractivity contribution in [3.8, 4) is 11.5 Å². The lowest BCUT2D eigenvalue weighted by Gasteiger charge is -2.39. The molecule has 2 aliphatic heterocycles. The minimum atomic E-state index is -2.45. The number of amides is 1. The lowest BCUT2D eigenvalue weighted by atomic mass is 9.74. The van der Waals surface area contributed by atoms with Crippen molar-refractivity contribution >= 4 is 17.6 Å². The van der Waals surface area contributed by atoms with Gasteiger partial charge in [0.2, 0.25) is 5.82 Å². The highest BCUT2D eigenvalue weighted by Gasteiger charge is 2.55. The smallest absolute Gasteiger partial charge is 0.340 e. The molecule has 7 nitrogen and oxygen atoms in total. The van der Waals surface area contributed by atoms with Gasteiger partial charge in [0.1, 0.15) is 22.8 Å². The van der Waals surface area contributed by atoms with E-state index in [1.54, 1.807) is 18.2 Å². The maximum absolute atomic E-state index is 14.3. The molecule has 0 bridgehead atoms. The van der Waals surface area contributed by atoms with E-state index in [2.05, 4.69) is 0 Å². The van der Waals surface area contributed by atoms with Gasteiger partial charge in [-0.3, -0.25) is 4.79 Å². The number of hydrogen-bond acceptors (Lipinski definition) is 6. The molecule has 1 unspecified atom stereocenters. The predicted molar refractivity (Wildman–Crippen MR) is 123 cm³/mol. The maximum atomic E-state index is 14.3. The van der Waals surface area contributed by atoms with Crippen LogP contribution in [0.1, 0.15) is 44.7 Å². The summed E-state index contributed by atoms with van der Waals surface area (Å²) in [4.78, 5) is 25.8. The highest BCUT2D eigenvalue weighted by Crippen LogP contribution is 2.58. The standard InChI is InChI=1S/C27H14F5NO6/c28-18-17(19(29)21(31)22(32)20(18)30)25(36)33-23-15(35)8-7-14-24(23)38-16-9-10(34)5-6-13(16)27(14)12-4-2-1-3-11(12)26(37)39-27/h1-4,7-9,34-35H,5-6H2,(H,33,36). The van der Waals surface area contributed by atoms with Crippen LogP contribution in [0.5, 0.6) is 11.5 Å². The summed E-state index contributed by atoms with van der Waals surface area (Å²) in [6, 6.07) is 8.85. The molecular weight excluding hydrogens is 529 g/mol. The summed E-state index contributed by atoms with van der Waals surface area (Å²) < 4.78 is 81.5. The number of carbonyl (C=O) groups is 2. The third-order valence-corrected chi connectivity index (χ3v) is 6.83. The largest absolute Gasteiger partial charge is 0.512 e. The maximum Gasteiger partial charge on any atom is 0.340 e. The topological polar surface area (TPSA) is 105 Å². The molecule has 0 saturated heterocycles. The molecule has 2 heterocycles. The number of fused-ring (bicyclic) bond motifs is 5. The minimum absolute atomic E-state index is 0.00749. The average Bonchev–Trinajstić information content (AvgIpc) is 3.20. The van der Waals surface area contributed by atoms with Crippen LogP contribution < -0.4 is 10.1 Å². The van der Waals surface area contributed by atoms with Crippen LogP contribution >= 0.6 is 0 Å². The van der Waals surface area contributed by atoms with Crippen molar-refractivity contribution in [2.24, 2.45) is 0 Å². The zero-order chi connectivity index (χ0) is 27.8. The number of allylic oxidation sites excluding steroid dienone is 2. The highest BCUT2D eigenvalue weighted by atomic mass is 19.2. The van der Waals surface area contributed by atoms with Gasteiger partial charge in [-0.15, -0.1) is 0 Å². The Balaban J connectivity index is 1.56. The number of aliphatic hydroxyl groups is 1. The number of aromatic hydroxyl groups is 1. The number of nitrogens with one attached hydrogen (secondary N) is 1. The third-order valence-electron chi connectivity index (χ3n) is 6.83. The van der Waals surface area contributed by atoms with Crippen molar-refractivity contribution in [2.75, 3.05) is 5.32 Å². The van der Waals surface area contributed by atoms with Crippen molar-refractivity contribution in [2.45, 2.75) is 18.4 Å². The first kappa shape index (κ1) is 24.5. The number of benzene rings is 3. The Labute approximate surface area is 215 Å². The quantitative estimate of drug-likeness (QED) is 0.127. The highest BCUT2D eigenvalue weighted by molar-refractivity contribution is 6.07. The van der Waals surface area contributed by atoms with Gasteiger partial charge in [0, 0.05) is 29.2 Å². The van der Waals surface area contributed by atoms with Crippen LogP contribution in [0.4, 0.5) is 27.6 Å². The Kier molecular flexibility index (Phi) is 5.22. The van der Waals surface area contributed by atoms with Crippen LogP contribution in [0.2, 0.25) is 0 Å². The van der Waals surface area contributed by atoms with Gasteiger partial charge in [0.05, 0.1) is 11.3 Å². The van der Waals surface area contributed by atoms with E-state index >= 15 is 0 Å². The molecule has 39 heavy (non-hydrogen) atoms. The third kappa shape index (κ3) is 3.27. The first-order chi connectivity index (χ1) is 18.6. The average molecular weight is 543 g/mol. The molecule has 3 aliphatic rings. The van der Waals surface area contributed by atoms with Crippen LogP contribution in [-0.4, -0.2) is 22.1 Å². The van der Waals surface area contributed by atoms with E-state index < -0.39 is 63.6 Å². The molecule has 198 valence electrons. The molecule has 12 heteroatoms. The number of aliphatic hydroxyl groups excluding tert-OH is 1. The summed E-state index contributed by atoms with van der Waals surface area (Å²) in [5, 5.41) is 22.7. The second-order valence-corrected chi connectivity index (χ2v) is 8.93. The van der Waals surface area contributed by atoms with Gasteiger partial charge in [0.25, 0.3) is 5.91 Å². The molecule has 1 spiro atoms. The summed E-state index contributed by atoms with van der Waals surface area (Å²) in [6.07, 6.45) is 1.62. The predicted octanol–water partition coefficient (Wildman–Crippen LogP) is 5.64. The van der Waals surface area contributed by atoms with Crippen molar-refractivity contribution in [3.05, 3.63) is 111 Å². The molecule has 0 aromatic heterocycles. The fourth-order valence-corrected chi connectivity index (χ4v) is 5.10. The number of phenolic OH excluding ortho intramolecular Hbond substituents is 1. The molecular formula is C27H14F5NO6. The zero-order valence-corrected chi connectivity index (χ0v) is 19.4. The number of rotatable bonds is 2. The number of halogens is 5. The van der Waals surface area contributed by atoms with E-state index in [-0.39, 0.29) is 41.2 Å². The number of esters is 1. The first-order valence-corrected chi connectivity index (χ1v) is 11.4. The lowest BCUT2D eigenvalue weighted by Crippen LogP contribution is -2.37. The van der Waals surface area contributed by atoms with E-state index in [4.69, 9.17) is 9.47 Å². The molecule has 0 fully saturated rings. The molecule has 1 atom stereocenters. The molecule has 3 aromatic rings. The van der Waals surface area contributed by atoms with Gasteiger partial charge in [0.15, 0.2) is 34.6 Å². The molecule has 1 amide bonds. The van der Waals surface area contributed by atoms with Crippen LogP contribution in [0.15, 0.2) is 59.6 Å². The van der Waals surface area contributed by atoms with Gasteiger partial charge < -0.3 is 25.0 Å². The van der Waals surface area contributed by atoms with E-state index in [0.29, 0.717) is 11.1 Å². The van der Waals surface area contributed by atoms with Crippen molar-refractivity contribution in [1.82, 2.24) is 0 Å². The van der Waals surface area contributed by atoms with Gasteiger partial charge >= 0.3 is 5.97 Å². The Bertz CT molecular complexity index is 1690. The first-order valence-electron chi connectivity index (χ1n) is 11.4. The van der Waals surface area contributed by atoms with Gasteiger partial charge in [-0.25, -0.2) is 26.7 Å². The Morgan fingerprint density at radius 3 is 2.26 bits per heavy atom. The Hall–Kier alpha value is -4.87. The van der Waals surface area contributed by atoms with E-state index in [1.165, 1.54) is 18.2 Å². The van der Waals surface area contributed by atoms with Gasteiger partial charge in [-0.05, 0) is 24.6 Å². The Morgan fingerprint density at radius 1 is 0.872 bits per heavy atom. The summed E-state index contributed by atoms with van der Waals surface area (Å²) in [5.41, 5.74) is -2.88. The monoisotopic (exact) mass is 543 g/mol. The van der Waals surface area contributed by atoms with E-state index in [9.17, 15) is 41.8 Å². The summed E-state index contributed by atoms with van der Waals surface area (Å²) in [5.74, 6) is -15.5. The molecule has 3 N–H and O–H groups in total. The van der Waals surface area contributed by atoms with Crippen molar-refractivity contribution in [3.63, 3.8) is 0 Å². The fourth-order valence-electron chi connectivity index (χ4n) is 5.10. The number of anilines is 1. The second kappa shape index (κ2) is 8.32. The number of carbonyl (C=O) groups excluding carboxylic acids is 2. The molecule has 0 saturated carbocycles. The minimum Gasteiger partial charge on any atom is -0.512 e. The number of phenols is 1. The second-order valence-electron chi connectivity index (χ2n) is 8.93. The molecule has 0 radical (unpaired) electrons. The number of ether oxygens (including phenoxy) is 2. The van der Waals surface area contributed by atoms with Crippen LogP contribution in [0.25, 0.3) is 0 Å². The van der Waals surface area contributed by atoms with Crippen LogP contribution in [-0.2, 0) is 10.3 Å². The van der Waals surface area contributed by atoms with Gasteiger partial charge in [-0.2, -0.15) is 0 Å². The van der Waals surface area contributed by atoms with E-state index in [1.807, 2.05) is 5.32 Å². The zero-order valence-electron chi connectivity index (χ0n) is 19.4. The normalized spacial score (nSPS) is 19.1.